The third-order valence-corrected chi connectivity index (χ3v) is 8.81. The fraction of sp³-hybridized carbons (Fsp3) is 0.588. The molecule has 0 fully saturated rings. The first-order valence-corrected chi connectivity index (χ1v) is 11.2. The molecule has 0 bridgehead atoms. The number of carbonyl (C=O) groups excluding carboxylic acids is 1. The van der Waals surface area contributed by atoms with Gasteiger partial charge in [-0.15, -0.1) is 22.7 Å². The van der Waals surface area contributed by atoms with Crippen LogP contribution in [0.4, 0.5) is 0 Å². The highest BCUT2D eigenvalue weighted by atomic mass is 79.9. The van der Waals surface area contributed by atoms with Crippen LogP contribution in [0, 0.1) is 0 Å². The van der Waals surface area contributed by atoms with Gasteiger partial charge < -0.3 is 4.79 Å². The Morgan fingerprint density at radius 3 is 2.27 bits per heavy atom. The molecule has 0 saturated carbocycles. The molecule has 22 heavy (non-hydrogen) atoms. The Hall–Kier alpha value is 0.290. The summed E-state index contributed by atoms with van der Waals surface area (Å²) in [5.41, 5.74) is 0. The number of ketones is 1. The largest absolute Gasteiger partial charge is 0.300 e. The lowest BCUT2D eigenvalue weighted by atomic mass is 10.1. The second-order valence-corrected chi connectivity index (χ2v) is 9.39. The number of aryl methyl sites for hydroxylation is 1. The van der Waals surface area contributed by atoms with Crippen LogP contribution in [0.2, 0.25) is 0 Å². The average molecular weight is 466 g/mol. The molecule has 0 aliphatic heterocycles. The minimum atomic E-state index is 0.327. The summed E-state index contributed by atoms with van der Waals surface area (Å²) in [4.78, 5) is 12.3. The van der Waals surface area contributed by atoms with Crippen molar-refractivity contribution in [3.63, 3.8) is 0 Å². The molecule has 0 atom stereocenters. The Balaban J connectivity index is 1.60. The molecule has 0 N–H and O–H groups in total. The van der Waals surface area contributed by atoms with Crippen molar-refractivity contribution in [1.82, 2.24) is 0 Å². The second-order valence-electron chi connectivity index (χ2n) is 5.76. The smallest absolute Gasteiger partial charge is 0.129 e. The SMILES string of the molecule is CC(=O)CCCCCCCCCc1sc2c(Br)csc2c1Br. The van der Waals surface area contributed by atoms with E-state index in [4.69, 9.17) is 0 Å². The fourth-order valence-corrected chi connectivity index (χ4v) is 6.70. The Labute approximate surface area is 157 Å². The van der Waals surface area contributed by atoms with Crippen molar-refractivity contribution in [1.29, 1.82) is 0 Å². The van der Waals surface area contributed by atoms with Crippen molar-refractivity contribution < 1.29 is 4.79 Å². The molecular weight excluding hydrogens is 444 g/mol. The maximum atomic E-state index is 10.8. The van der Waals surface area contributed by atoms with E-state index in [1.807, 2.05) is 22.7 Å². The van der Waals surface area contributed by atoms with Crippen LogP contribution < -0.4 is 0 Å². The number of thiophene rings is 2. The zero-order valence-corrected chi connectivity index (χ0v) is 17.7. The van der Waals surface area contributed by atoms with Gasteiger partial charge in [-0.05, 0) is 58.0 Å². The van der Waals surface area contributed by atoms with E-state index in [0.717, 1.165) is 12.8 Å². The number of carbonyl (C=O) groups is 1. The quantitative estimate of drug-likeness (QED) is 0.328. The van der Waals surface area contributed by atoms with Gasteiger partial charge >= 0.3 is 0 Å². The lowest BCUT2D eigenvalue weighted by Crippen LogP contribution is -1.89. The molecule has 0 aromatic carbocycles. The zero-order valence-electron chi connectivity index (χ0n) is 12.9. The summed E-state index contributed by atoms with van der Waals surface area (Å²) in [7, 11) is 0. The summed E-state index contributed by atoms with van der Waals surface area (Å²) >= 11 is 11.1. The topological polar surface area (TPSA) is 17.1 Å². The number of unbranched alkanes of at least 4 members (excludes halogenated alkanes) is 6. The highest BCUT2D eigenvalue weighted by Crippen LogP contribution is 2.44. The van der Waals surface area contributed by atoms with Crippen LogP contribution in [0.15, 0.2) is 14.3 Å². The molecule has 1 nitrogen and oxygen atoms in total. The minimum absolute atomic E-state index is 0.327. The van der Waals surface area contributed by atoms with Gasteiger partial charge in [0, 0.05) is 25.6 Å². The van der Waals surface area contributed by atoms with Gasteiger partial charge in [0.05, 0.1) is 9.40 Å². The molecule has 2 rings (SSSR count). The van der Waals surface area contributed by atoms with E-state index in [0.29, 0.717) is 5.78 Å². The molecule has 2 aromatic rings. The van der Waals surface area contributed by atoms with Gasteiger partial charge in [-0.1, -0.05) is 32.1 Å². The highest BCUT2D eigenvalue weighted by Gasteiger charge is 2.13. The van der Waals surface area contributed by atoms with Crippen LogP contribution in [0.5, 0.6) is 0 Å². The summed E-state index contributed by atoms with van der Waals surface area (Å²) in [5.74, 6) is 0.327. The van der Waals surface area contributed by atoms with Crippen LogP contribution in [0.1, 0.15) is 63.2 Å². The van der Waals surface area contributed by atoms with E-state index in [1.54, 1.807) is 6.92 Å². The summed E-state index contributed by atoms with van der Waals surface area (Å²) in [6.45, 7) is 1.69. The molecule has 0 spiro atoms. The van der Waals surface area contributed by atoms with Crippen molar-refractivity contribution >= 4 is 69.7 Å². The Morgan fingerprint density at radius 2 is 1.64 bits per heavy atom. The van der Waals surface area contributed by atoms with E-state index in [9.17, 15) is 4.79 Å². The molecular formula is C17H22Br2OS2. The zero-order chi connectivity index (χ0) is 15.9. The predicted molar refractivity (Wildman–Crippen MR) is 106 cm³/mol. The van der Waals surface area contributed by atoms with Crippen molar-refractivity contribution in [2.75, 3.05) is 0 Å². The molecule has 5 heteroatoms. The molecule has 2 heterocycles. The third-order valence-electron chi connectivity index (χ3n) is 3.81. The second kappa shape index (κ2) is 9.55. The maximum absolute atomic E-state index is 10.8. The Bertz CT molecular complexity index is 615. The molecule has 0 aliphatic rings. The number of halogens is 2. The fourth-order valence-electron chi connectivity index (χ4n) is 2.57. The van der Waals surface area contributed by atoms with Crippen molar-refractivity contribution in [2.45, 2.75) is 64.7 Å². The van der Waals surface area contributed by atoms with E-state index < -0.39 is 0 Å². The third kappa shape index (κ3) is 5.43. The first kappa shape index (κ1) is 18.6. The molecule has 0 radical (unpaired) electrons. The van der Waals surface area contributed by atoms with Gasteiger partial charge in [0.25, 0.3) is 0 Å². The van der Waals surface area contributed by atoms with Gasteiger partial charge in [0.2, 0.25) is 0 Å². The molecule has 0 saturated heterocycles. The van der Waals surface area contributed by atoms with Gasteiger partial charge in [-0.3, -0.25) is 0 Å². The van der Waals surface area contributed by atoms with Crippen LogP contribution in [0.3, 0.4) is 0 Å². The number of Topliss-reactive ketones (excluding diaryl/α,β-unsaturated/α-hetero) is 1. The van der Waals surface area contributed by atoms with E-state index in [-0.39, 0.29) is 0 Å². The van der Waals surface area contributed by atoms with Crippen LogP contribution in [-0.4, -0.2) is 5.78 Å². The van der Waals surface area contributed by atoms with E-state index >= 15 is 0 Å². The highest BCUT2D eigenvalue weighted by molar-refractivity contribution is 9.11. The van der Waals surface area contributed by atoms with Gasteiger partial charge in [0.1, 0.15) is 5.78 Å². The van der Waals surface area contributed by atoms with E-state index in [2.05, 4.69) is 37.2 Å². The summed E-state index contributed by atoms with van der Waals surface area (Å²) < 4.78 is 5.32. The number of hydrogen-bond acceptors (Lipinski definition) is 3. The van der Waals surface area contributed by atoms with Crippen LogP contribution in [-0.2, 0) is 11.2 Å². The number of hydrogen-bond donors (Lipinski definition) is 0. The number of fused-ring (bicyclic) bond motifs is 1. The lowest BCUT2D eigenvalue weighted by Gasteiger charge is -2.02. The predicted octanol–water partition coefficient (Wildman–Crippen LogP) is 7.74. The van der Waals surface area contributed by atoms with Gasteiger partial charge in [0.15, 0.2) is 0 Å². The Kier molecular flexibility index (Phi) is 8.09. The molecule has 2 aromatic heterocycles. The normalized spacial score (nSPS) is 11.4. The van der Waals surface area contributed by atoms with Crippen LogP contribution in [0.25, 0.3) is 9.40 Å². The van der Waals surface area contributed by atoms with Gasteiger partial charge in [-0.2, -0.15) is 0 Å². The summed E-state index contributed by atoms with van der Waals surface area (Å²) in [6.07, 6.45) is 10.7. The van der Waals surface area contributed by atoms with Crippen molar-refractivity contribution in [3.8, 4) is 0 Å². The van der Waals surface area contributed by atoms with Crippen LogP contribution >= 0.6 is 54.5 Å². The molecule has 0 unspecified atom stereocenters. The Morgan fingerprint density at radius 1 is 1.00 bits per heavy atom. The van der Waals surface area contributed by atoms with Crippen molar-refractivity contribution in [2.24, 2.45) is 0 Å². The lowest BCUT2D eigenvalue weighted by molar-refractivity contribution is -0.117. The van der Waals surface area contributed by atoms with Crippen molar-refractivity contribution in [3.05, 3.63) is 19.2 Å². The molecule has 0 amide bonds. The maximum Gasteiger partial charge on any atom is 0.129 e. The summed E-state index contributed by atoms with van der Waals surface area (Å²) in [6, 6.07) is 0. The standard InChI is InChI=1S/C17H22Br2OS2/c1-12(20)9-7-5-3-2-4-6-8-10-14-15(19)17-16(22-14)13(18)11-21-17/h11H,2-10H2,1H3. The molecule has 0 aliphatic carbocycles. The molecule has 122 valence electrons. The van der Waals surface area contributed by atoms with Gasteiger partial charge in [-0.25, -0.2) is 0 Å². The first-order valence-electron chi connectivity index (χ1n) is 7.93. The number of rotatable bonds is 10. The average Bonchev–Trinajstić information content (AvgIpc) is 2.98. The minimum Gasteiger partial charge on any atom is -0.300 e. The van der Waals surface area contributed by atoms with E-state index in [1.165, 1.54) is 68.2 Å². The summed E-state index contributed by atoms with van der Waals surface area (Å²) in [5, 5.41) is 2.17. The first-order chi connectivity index (χ1) is 10.6. The monoisotopic (exact) mass is 464 g/mol.